The van der Waals surface area contributed by atoms with E-state index < -0.39 is 0 Å². The SMILES string of the molecule is C[C@@H]1C[C@H]1C.C[C@H]1C[C@@H]1C. The monoisotopic (exact) mass is 140 g/mol. The lowest BCUT2D eigenvalue weighted by Crippen LogP contribution is -1.58. The fourth-order valence-corrected chi connectivity index (χ4v) is 1.02. The van der Waals surface area contributed by atoms with Crippen LogP contribution in [0.25, 0.3) is 0 Å². The van der Waals surface area contributed by atoms with E-state index in [0.717, 1.165) is 23.7 Å². The van der Waals surface area contributed by atoms with Gasteiger partial charge in [0, 0.05) is 0 Å². The highest BCUT2D eigenvalue weighted by molar-refractivity contribution is 4.77. The van der Waals surface area contributed by atoms with E-state index >= 15 is 0 Å². The Hall–Kier alpha value is 0. The summed E-state index contributed by atoms with van der Waals surface area (Å²) in [5, 5.41) is 0. The third-order valence-electron chi connectivity index (χ3n) is 3.02. The minimum atomic E-state index is 1.05. The van der Waals surface area contributed by atoms with Crippen LogP contribution in [0.5, 0.6) is 0 Å². The molecule has 0 aromatic rings. The smallest absolute Gasteiger partial charge is 0.0414 e. The summed E-state index contributed by atoms with van der Waals surface area (Å²) in [5.74, 6) is 4.20. The maximum Gasteiger partial charge on any atom is -0.0414 e. The second-order valence-corrected chi connectivity index (χ2v) is 4.38. The molecule has 0 amide bonds. The molecule has 0 heterocycles. The van der Waals surface area contributed by atoms with Gasteiger partial charge in [0.25, 0.3) is 0 Å². The molecule has 0 bridgehead atoms. The van der Waals surface area contributed by atoms with Crippen molar-refractivity contribution in [3.8, 4) is 0 Å². The lowest BCUT2D eigenvalue weighted by Gasteiger charge is -1.66. The third-order valence-corrected chi connectivity index (χ3v) is 3.02. The van der Waals surface area contributed by atoms with Crippen LogP contribution in [0, 0.1) is 23.7 Å². The van der Waals surface area contributed by atoms with E-state index in [1.165, 1.54) is 12.8 Å². The average molecular weight is 140 g/mol. The Morgan fingerprint density at radius 3 is 0.700 bits per heavy atom. The van der Waals surface area contributed by atoms with Gasteiger partial charge in [-0.1, -0.05) is 27.7 Å². The first kappa shape index (κ1) is 8.10. The van der Waals surface area contributed by atoms with Crippen LogP contribution in [0.3, 0.4) is 0 Å². The van der Waals surface area contributed by atoms with Gasteiger partial charge >= 0.3 is 0 Å². The summed E-state index contributed by atoms with van der Waals surface area (Å²) in [5.41, 5.74) is 0. The van der Waals surface area contributed by atoms with Crippen molar-refractivity contribution >= 4 is 0 Å². The first-order chi connectivity index (χ1) is 4.61. The highest BCUT2D eigenvalue weighted by Gasteiger charge is 2.26. The number of hydrogen-bond donors (Lipinski definition) is 0. The molecule has 0 N–H and O–H groups in total. The minimum absolute atomic E-state index is 1.05. The molecule has 0 spiro atoms. The Balaban J connectivity index is 0.0000001000. The van der Waals surface area contributed by atoms with Crippen LogP contribution in [0.15, 0.2) is 0 Å². The van der Waals surface area contributed by atoms with Crippen molar-refractivity contribution in [1.82, 2.24) is 0 Å². The quantitative estimate of drug-likeness (QED) is 0.484. The predicted molar refractivity (Wildman–Crippen MR) is 45.9 cm³/mol. The van der Waals surface area contributed by atoms with Gasteiger partial charge in [0.1, 0.15) is 0 Å². The van der Waals surface area contributed by atoms with Gasteiger partial charge in [0.2, 0.25) is 0 Å². The zero-order valence-electron chi connectivity index (χ0n) is 7.72. The van der Waals surface area contributed by atoms with Crippen LogP contribution in [0.2, 0.25) is 0 Å². The molecule has 2 aliphatic carbocycles. The van der Waals surface area contributed by atoms with Crippen molar-refractivity contribution in [3.05, 3.63) is 0 Å². The van der Waals surface area contributed by atoms with Crippen LogP contribution in [-0.4, -0.2) is 0 Å². The van der Waals surface area contributed by atoms with Gasteiger partial charge in [0.05, 0.1) is 0 Å². The van der Waals surface area contributed by atoms with E-state index in [4.69, 9.17) is 0 Å². The van der Waals surface area contributed by atoms with Crippen LogP contribution in [-0.2, 0) is 0 Å². The van der Waals surface area contributed by atoms with Gasteiger partial charge < -0.3 is 0 Å². The Labute approximate surface area is 65.0 Å². The highest BCUT2D eigenvalue weighted by atomic mass is 14.3. The molecule has 0 nitrogen and oxygen atoms in total. The third kappa shape index (κ3) is 2.72. The molecule has 60 valence electrons. The number of rotatable bonds is 0. The molecular formula is C10H20. The van der Waals surface area contributed by atoms with Crippen molar-refractivity contribution in [3.63, 3.8) is 0 Å². The van der Waals surface area contributed by atoms with Gasteiger partial charge in [-0.2, -0.15) is 0 Å². The maximum absolute atomic E-state index is 2.30. The van der Waals surface area contributed by atoms with Gasteiger partial charge in [-0.25, -0.2) is 0 Å². The van der Waals surface area contributed by atoms with Crippen molar-refractivity contribution in [2.45, 2.75) is 40.5 Å². The second-order valence-electron chi connectivity index (χ2n) is 4.38. The van der Waals surface area contributed by atoms with Gasteiger partial charge in [-0.3, -0.25) is 0 Å². The molecule has 2 rings (SSSR count). The van der Waals surface area contributed by atoms with Crippen molar-refractivity contribution in [2.75, 3.05) is 0 Å². The van der Waals surface area contributed by atoms with Crippen LogP contribution in [0.4, 0.5) is 0 Å². The Morgan fingerprint density at radius 2 is 0.700 bits per heavy atom. The molecule has 0 aromatic heterocycles. The summed E-state index contributed by atoms with van der Waals surface area (Å²) in [4.78, 5) is 0. The van der Waals surface area contributed by atoms with Crippen LogP contribution >= 0.6 is 0 Å². The summed E-state index contributed by atoms with van der Waals surface area (Å²) in [6.45, 7) is 9.19. The summed E-state index contributed by atoms with van der Waals surface area (Å²) >= 11 is 0. The van der Waals surface area contributed by atoms with Gasteiger partial charge in [-0.05, 0) is 36.5 Å². The van der Waals surface area contributed by atoms with E-state index in [0.29, 0.717) is 0 Å². The fraction of sp³-hybridized carbons (Fsp3) is 1.00. The molecule has 0 radical (unpaired) electrons. The lowest BCUT2D eigenvalue weighted by atomic mass is 10.4. The van der Waals surface area contributed by atoms with Crippen molar-refractivity contribution < 1.29 is 0 Å². The Kier molecular flexibility index (Phi) is 2.38. The molecule has 0 aromatic carbocycles. The Bertz CT molecular complexity index is 80.6. The standard InChI is InChI=1S/2C5H10/c2*1-4-3-5(4)2/h2*4-5H,3H2,1-2H3/t2*4-,5-/m10/s1. The molecule has 0 heteroatoms. The zero-order chi connectivity index (χ0) is 7.72. The second kappa shape index (κ2) is 2.94. The topological polar surface area (TPSA) is 0 Å². The van der Waals surface area contributed by atoms with E-state index in [1.807, 2.05) is 0 Å². The normalized spacial score (nSPS) is 49.2. The Morgan fingerprint density at radius 1 is 0.600 bits per heavy atom. The van der Waals surface area contributed by atoms with E-state index in [9.17, 15) is 0 Å². The first-order valence-corrected chi connectivity index (χ1v) is 4.61. The summed E-state index contributed by atoms with van der Waals surface area (Å²) in [6.07, 6.45) is 2.94. The molecule has 0 aliphatic heterocycles. The fourth-order valence-electron chi connectivity index (χ4n) is 1.02. The summed E-state index contributed by atoms with van der Waals surface area (Å²) in [6, 6.07) is 0. The highest BCUT2D eigenvalue weighted by Crippen LogP contribution is 2.36. The molecule has 2 saturated carbocycles. The van der Waals surface area contributed by atoms with E-state index in [-0.39, 0.29) is 0 Å². The van der Waals surface area contributed by atoms with Gasteiger partial charge in [-0.15, -0.1) is 0 Å². The van der Waals surface area contributed by atoms with Gasteiger partial charge in [0.15, 0.2) is 0 Å². The van der Waals surface area contributed by atoms with Crippen LogP contribution < -0.4 is 0 Å². The molecule has 0 unspecified atom stereocenters. The zero-order valence-corrected chi connectivity index (χ0v) is 7.72. The maximum atomic E-state index is 2.30. The molecule has 10 heavy (non-hydrogen) atoms. The minimum Gasteiger partial charge on any atom is -0.0622 e. The molecule has 4 atom stereocenters. The molecule has 2 aliphatic rings. The molecule has 0 saturated heterocycles. The summed E-state index contributed by atoms with van der Waals surface area (Å²) < 4.78 is 0. The first-order valence-electron chi connectivity index (χ1n) is 4.61. The van der Waals surface area contributed by atoms with Crippen molar-refractivity contribution in [1.29, 1.82) is 0 Å². The van der Waals surface area contributed by atoms with E-state index in [2.05, 4.69) is 27.7 Å². The van der Waals surface area contributed by atoms with E-state index in [1.54, 1.807) is 0 Å². The number of hydrogen-bond acceptors (Lipinski definition) is 0. The molecular weight excluding hydrogens is 120 g/mol. The molecule has 2 fully saturated rings. The van der Waals surface area contributed by atoms with Crippen LogP contribution in [0.1, 0.15) is 40.5 Å². The van der Waals surface area contributed by atoms with Crippen molar-refractivity contribution in [2.24, 2.45) is 23.7 Å². The lowest BCUT2D eigenvalue weighted by molar-refractivity contribution is 0.834. The average Bonchev–Trinajstić information content (AvgIpc) is 2.62. The predicted octanol–water partition coefficient (Wildman–Crippen LogP) is 3.32. The summed E-state index contributed by atoms with van der Waals surface area (Å²) in [7, 11) is 0. The largest absolute Gasteiger partial charge is 0.0622 e.